The third-order valence-corrected chi connectivity index (χ3v) is 3.79. The Kier molecular flexibility index (Phi) is 2.89. The van der Waals surface area contributed by atoms with E-state index in [1.807, 2.05) is 0 Å². The smallest absolute Gasteiger partial charge is 0.0695 e. The number of aliphatic hydroxyl groups is 1. The number of aliphatic hydroxyl groups excluding tert-OH is 1. The zero-order valence-electron chi connectivity index (χ0n) is 8.58. The minimum Gasteiger partial charge on any atom is -0.391 e. The van der Waals surface area contributed by atoms with Crippen LogP contribution in [-0.2, 0) is 0 Å². The van der Waals surface area contributed by atoms with E-state index in [1.165, 1.54) is 38.6 Å². The molecule has 0 spiro atoms. The van der Waals surface area contributed by atoms with Crippen molar-refractivity contribution in [3.8, 4) is 0 Å². The predicted octanol–water partition coefficient (Wildman–Crippen LogP) is 1.63. The van der Waals surface area contributed by atoms with Crippen molar-refractivity contribution in [1.82, 2.24) is 4.90 Å². The summed E-state index contributed by atoms with van der Waals surface area (Å²) >= 11 is 0. The summed E-state index contributed by atoms with van der Waals surface area (Å²) in [6, 6.07) is 0.473. The topological polar surface area (TPSA) is 23.5 Å². The van der Waals surface area contributed by atoms with Gasteiger partial charge in [0.15, 0.2) is 0 Å². The molecule has 1 N–H and O–H groups in total. The molecule has 0 heterocycles. The summed E-state index contributed by atoms with van der Waals surface area (Å²) in [5, 5.41) is 9.51. The lowest BCUT2D eigenvalue weighted by atomic mass is 9.87. The van der Waals surface area contributed by atoms with Gasteiger partial charge in [-0.25, -0.2) is 0 Å². The second kappa shape index (κ2) is 3.97. The molecule has 2 saturated carbocycles. The average Bonchev–Trinajstić information content (AvgIpc) is 2.54. The van der Waals surface area contributed by atoms with E-state index >= 15 is 0 Å². The van der Waals surface area contributed by atoms with Crippen LogP contribution >= 0.6 is 0 Å². The highest BCUT2D eigenvalue weighted by atomic mass is 16.3. The number of nitrogens with zero attached hydrogens (tertiary/aromatic N) is 1. The first kappa shape index (κ1) is 9.47. The van der Waals surface area contributed by atoms with Crippen molar-refractivity contribution >= 4 is 0 Å². The third-order valence-electron chi connectivity index (χ3n) is 3.79. The van der Waals surface area contributed by atoms with Crippen molar-refractivity contribution in [3.05, 3.63) is 0 Å². The fraction of sp³-hybridized carbons (Fsp3) is 1.00. The summed E-state index contributed by atoms with van der Waals surface area (Å²) in [5.74, 6) is 0.915. The SMILES string of the molecule is CN(CC1CCCC1)C1CCC1O. The van der Waals surface area contributed by atoms with Crippen LogP contribution in [0.15, 0.2) is 0 Å². The average molecular weight is 183 g/mol. The monoisotopic (exact) mass is 183 g/mol. The van der Waals surface area contributed by atoms with Gasteiger partial charge in [0.2, 0.25) is 0 Å². The first-order chi connectivity index (χ1) is 6.27. The highest BCUT2D eigenvalue weighted by Crippen LogP contribution is 2.29. The lowest BCUT2D eigenvalue weighted by molar-refractivity contribution is -0.0148. The number of rotatable bonds is 3. The summed E-state index contributed by atoms with van der Waals surface area (Å²) in [7, 11) is 2.17. The van der Waals surface area contributed by atoms with Gasteiger partial charge in [-0.05, 0) is 38.6 Å². The molecule has 13 heavy (non-hydrogen) atoms. The Labute approximate surface area is 80.9 Å². The largest absolute Gasteiger partial charge is 0.391 e. The molecule has 0 amide bonds. The van der Waals surface area contributed by atoms with Gasteiger partial charge in [-0.2, -0.15) is 0 Å². The molecule has 0 aromatic heterocycles. The molecule has 2 heteroatoms. The first-order valence-corrected chi connectivity index (χ1v) is 5.65. The van der Waals surface area contributed by atoms with Crippen LogP contribution in [0.3, 0.4) is 0 Å². The Morgan fingerprint density at radius 2 is 1.85 bits per heavy atom. The Hall–Kier alpha value is -0.0800. The quantitative estimate of drug-likeness (QED) is 0.719. The Morgan fingerprint density at radius 1 is 1.15 bits per heavy atom. The second-order valence-corrected chi connectivity index (χ2v) is 4.80. The molecule has 2 rings (SSSR count). The number of hydrogen-bond donors (Lipinski definition) is 1. The Bertz CT molecular complexity index is 165. The summed E-state index contributed by atoms with van der Waals surface area (Å²) < 4.78 is 0. The van der Waals surface area contributed by atoms with Crippen molar-refractivity contribution in [2.75, 3.05) is 13.6 Å². The van der Waals surface area contributed by atoms with Crippen LogP contribution in [0.25, 0.3) is 0 Å². The number of hydrogen-bond acceptors (Lipinski definition) is 2. The zero-order chi connectivity index (χ0) is 9.26. The van der Waals surface area contributed by atoms with Crippen molar-refractivity contribution in [2.24, 2.45) is 5.92 Å². The Morgan fingerprint density at radius 3 is 2.31 bits per heavy atom. The highest BCUT2D eigenvalue weighted by molar-refractivity contribution is 4.88. The molecule has 0 aromatic carbocycles. The molecule has 2 fully saturated rings. The molecular weight excluding hydrogens is 162 g/mol. The molecule has 2 unspecified atom stereocenters. The standard InChI is InChI=1S/C11H21NO/c1-12(10-6-7-11(10)13)8-9-4-2-3-5-9/h9-11,13H,2-8H2,1H3. The molecule has 0 bridgehead atoms. The minimum atomic E-state index is -0.0357. The molecule has 2 aliphatic rings. The van der Waals surface area contributed by atoms with Crippen molar-refractivity contribution in [2.45, 2.75) is 50.7 Å². The van der Waals surface area contributed by atoms with E-state index in [-0.39, 0.29) is 6.10 Å². The zero-order valence-corrected chi connectivity index (χ0v) is 8.58. The third kappa shape index (κ3) is 2.05. The molecule has 76 valence electrons. The predicted molar refractivity (Wildman–Crippen MR) is 53.6 cm³/mol. The van der Waals surface area contributed by atoms with E-state index in [0.717, 1.165) is 12.3 Å². The maximum absolute atomic E-state index is 9.51. The van der Waals surface area contributed by atoms with Crippen LogP contribution < -0.4 is 0 Å². The molecule has 2 atom stereocenters. The molecular formula is C11H21NO. The minimum absolute atomic E-state index is 0.0357. The van der Waals surface area contributed by atoms with Crippen molar-refractivity contribution in [1.29, 1.82) is 0 Å². The van der Waals surface area contributed by atoms with Gasteiger partial charge in [0, 0.05) is 12.6 Å². The lowest BCUT2D eigenvalue weighted by Gasteiger charge is -2.40. The van der Waals surface area contributed by atoms with Gasteiger partial charge in [-0.1, -0.05) is 12.8 Å². The number of likely N-dealkylation sites (N-methyl/N-ethyl adjacent to an activating group) is 1. The van der Waals surface area contributed by atoms with E-state index in [4.69, 9.17) is 0 Å². The van der Waals surface area contributed by atoms with Gasteiger partial charge in [-0.15, -0.1) is 0 Å². The van der Waals surface area contributed by atoms with Crippen LogP contribution in [-0.4, -0.2) is 35.7 Å². The van der Waals surface area contributed by atoms with Gasteiger partial charge in [0.05, 0.1) is 6.10 Å². The highest BCUT2D eigenvalue weighted by Gasteiger charge is 2.33. The molecule has 2 aliphatic carbocycles. The van der Waals surface area contributed by atoms with Crippen LogP contribution in [0, 0.1) is 5.92 Å². The van der Waals surface area contributed by atoms with Gasteiger partial charge in [0.1, 0.15) is 0 Å². The Balaban J connectivity index is 1.73. The molecule has 0 aromatic rings. The first-order valence-electron chi connectivity index (χ1n) is 5.65. The maximum Gasteiger partial charge on any atom is 0.0695 e. The van der Waals surface area contributed by atoms with Crippen molar-refractivity contribution < 1.29 is 5.11 Å². The van der Waals surface area contributed by atoms with E-state index in [1.54, 1.807) is 0 Å². The van der Waals surface area contributed by atoms with E-state index in [2.05, 4.69) is 11.9 Å². The van der Waals surface area contributed by atoms with Crippen LogP contribution in [0.2, 0.25) is 0 Å². The normalized spacial score (nSPS) is 35.3. The molecule has 0 saturated heterocycles. The fourth-order valence-corrected chi connectivity index (χ4v) is 2.71. The lowest BCUT2D eigenvalue weighted by Crippen LogP contribution is -2.49. The summed E-state index contributed by atoms with van der Waals surface area (Å²) in [4.78, 5) is 2.38. The summed E-state index contributed by atoms with van der Waals surface area (Å²) in [6.45, 7) is 1.21. The van der Waals surface area contributed by atoms with E-state index in [0.29, 0.717) is 6.04 Å². The van der Waals surface area contributed by atoms with Gasteiger partial charge in [-0.3, -0.25) is 0 Å². The van der Waals surface area contributed by atoms with Gasteiger partial charge >= 0.3 is 0 Å². The fourth-order valence-electron chi connectivity index (χ4n) is 2.71. The summed E-state index contributed by atoms with van der Waals surface area (Å²) in [6.07, 6.45) is 7.84. The van der Waals surface area contributed by atoms with Gasteiger partial charge in [0.25, 0.3) is 0 Å². The molecule has 0 aliphatic heterocycles. The van der Waals surface area contributed by atoms with E-state index < -0.39 is 0 Å². The van der Waals surface area contributed by atoms with Crippen LogP contribution in [0.1, 0.15) is 38.5 Å². The van der Waals surface area contributed by atoms with Crippen molar-refractivity contribution in [3.63, 3.8) is 0 Å². The summed E-state index contributed by atoms with van der Waals surface area (Å²) in [5.41, 5.74) is 0. The molecule has 2 nitrogen and oxygen atoms in total. The second-order valence-electron chi connectivity index (χ2n) is 4.80. The van der Waals surface area contributed by atoms with Crippen LogP contribution in [0.5, 0.6) is 0 Å². The van der Waals surface area contributed by atoms with Gasteiger partial charge < -0.3 is 10.0 Å². The van der Waals surface area contributed by atoms with E-state index in [9.17, 15) is 5.11 Å². The molecule has 0 radical (unpaired) electrons. The van der Waals surface area contributed by atoms with Crippen LogP contribution in [0.4, 0.5) is 0 Å². The maximum atomic E-state index is 9.51.